The molecule has 0 amide bonds. The lowest BCUT2D eigenvalue weighted by Crippen LogP contribution is -2.01. The van der Waals surface area contributed by atoms with Crippen LogP contribution in [0.25, 0.3) is 28.1 Å². The maximum atomic E-state index is 13.1. The molecule has 2 aromatic heterocycles. The largest absolute Gasteiger partial charge is 0.383 e. The molecule has 0 spiro atoms. The van der Waals surface area contributed by atoms with E-state index in [1.54, 1.807) is 23.0 Å². The monoisotopic (exact) mass is 305 g/mol. The van der Waals surface area contributed by atoms with Crippen molar-refractivity contribution in [2.24, 2.45) is 0 Å². The van der Waals surface area contributed by atoms with Crippen LogP contribution in [0.15, 0.2) is 60.8 Å². The fraction of sp³-hybridized carbons (Fsp3) is 0. The first-order valence-corrected chi connectivity index (χ1v) is 7.05. The van der Waals surface area contributed by atoms with Crippen molar-refractivity contribution in [3.05, 3.63) is 66.6 Å². The Bertz CT molecular complexity index is 977. The Labute approximate surface area is 131 Å². The van der Waals surface area contributed by atoms with Gasteiger partial charge in [0, 0.05) is 5.56 Å². The molecule has 0 saturated carbocycles. The van der Waals surface area contributed by atoms with Gasteiger partial charge in [-0.3, -0.25) is 0 Å². The van der Waals surface area contributed by atoms with Crippen molar-refractivity contribution in [2.45, 2.75) is 0 Å². The van der Waals surface area contributed by atoms with E-state index in [-0.39, 0.29) is 5.82 Å². The SMILES string of the molecule is Nc1nc(-c2ccc(F)cc2)nc2c1cnn2-c1ccccc1. The van der Waals surface area contributed by atoms with Crippen LogP contribution in [0.4, 0.5) is 10.2 Å². The van der Waals surface area contributed by atoms with Crippen molar-refractivity contribution in [1.82, 2.24) is 19.7 Å². The summed E-state index contributed by atoms with van der Waals surface area (Å²) < 4.78 is 14.8. The summed E-state index contributed by atoms with van der Waals surface area (Å²) in [5.74, 6) is 0.473. The van der Waals surface area contributed by atoms with E-state index in [4.69, 9.17) is 5.73 Å². The Balaban J connectivity index is 1.93. The summed E-state index contributed by atoms with van der Waals surface area (Å²) in [5, 5.41) is 5.03. The van der Waals surface area contributed by atoms with E-state index < -0.39 is 0 Å². The Morgan fingerprint density at radius 2 is 1.65 bits per heavy atom. The highest BCUT2D eigenvalue weighted by molar-refractivity contribution is 5.87. The smallest absolute Gasteiger partial charge is 0.169 e. The van der Waals surface area contributed by atoms with Gasteiger partial charge >= 0.3 is 0 Å². The molecule has 0 aliphatic rings. The van der Waals surface area contributed by atoms with Crippen LogP contribution in [0.5, 0.6) is 0 Å². The van der Waals surface area contributed by atoms with Gasteiger partial charge in [-0.05, 0) is 36.4 Å². The molecule has 0 fully saturated rings. The Morgan fingerprint density at radius 3 is 2.39 bits per heavy atom. The van der Waals surface area contributed by atoms with E-state index in [2.05, 4.69) is 15.1 Å². The molecule has 0 bridgehead atoms. The molecule has 2 heterocycles. The van der Waals surface area contributed by atoms with Gasteiger partial charge in [-0.25, -0.2) is 19.0 Å². The minimum atomic E-state index is -0.308. The molecule has 0 atom stereocenters. The van der Waals surface area contributed by atoms with E-state index in [1.807, 2.05) is 30.3 Å². The van der Waals surface area contributed by atoms with Crippen molar-refractivity contribution in [3.8, 4) is 17.1 Å². The van der Waals surface area contributed by atoms with Crippen LogP contribution in [0.1, 0.15) is 0 Å². The maximum Gasteiger partial charge on any atom is 0.169 e. The molecular weight excluding hydrogens is 293 g/mol. The standard InChI is InChI=1S/C17H12FN5/c18-12-8-6-11(7-9-12)16-21-15(19)14-10-20-23(17(14)22-16)13-4-2-1-3-5-13/h1-10H,(H2,19,21,22). The van der Waals surface area contributed by atoms with Gasteiger partial charge < -0.3 is 5.73 Å². The van der Waals surface area contributed by atoms with Gasteiger partial charge in [-0.2, -0.15) is 5.10 Å². The number of benzene rings is 2. The highest BCUT2D eigenvalue weighted by Crippen LogP contribution is 2.24. The number of aromatic nitrogens is 4. The molecule has 0 saturated heterocycles. The van der Waals surface area contributed by atoms with Crippen LogP contribution in [-0.2, 0) is 0 Å². The zero-order valence-electron chi connectivity index (χ0n) is 12.0. The number of nitrogens with zero attached hydrogens (tertiary/aromatic N) is 4. The Kier molecular flexibility index (Phi) is 3.01. The van der Waals surface area contributed by atoms with Gasteiger partial charge in [0.05, 0.1) is 17.3 Å². The first kappa shape index (κ1) is 13.4. The number of halogens is 1. The lowest BCUT2D eigenvalue weighted by atomic mass is 10.2. The molecule has 4 rings (SSSR count). The van der Waals surface area contributed by atoms with Gasteiger partial charge in [0.15, 0.2) is 11.5 Å². The zero-order chi connectivity index (χ0) is 15.8. The third-order valence-electron chi connectivity index (χ3n) is 3.56. The van der Waals surface area contributed by atoms with Crippen LogP contribution in [0.2, 0.25) is 0 Å². The number of fused-ring (bicyclic) bond motifs is 1. The Hall–Kier alpha value is -3.28. The fourth-order valence-electron chi connectivity index (χ4n) is 2.42. The average Bonchev–Trinajstić information content (AvgIpc) is 3.01. The maximum absolute atomic E-state index is 13.1. The van der Waals surface area contributed by atoms with E-state index in [9.17, 15) is 4.39 Å². The summed E-state index contributed by atoms with van der Waals surface area (Å²) in [5.41, 5.74) is 8.23. The number of anilines is 1. The molecule has 112 valence electrons. The van der Waals surface area contributed by atoms with E-state index in [0.29, 0.717) is 28.2 Å². The molecule has 6 heteroatoms. The quantitative estimate of drug-likeness (QED) is 0.617. The van der Waals surface area contributed by atoms with Crippen molar-refractivity contribution in [3.63, 3.8) is 0 Å². The van der Waals surface area contributed by atoms with Crippen LogP contribution >= 0.6 is 0 Å². The third kappa shape index (κ3) is 2.30. The molecule has 2 N–H and O–H groups in total. The van der Waals surface area contributed by atoms with Gasteiger partial charge in [0.25, 0.3) is 0 Å². The normalized spacial score (nSPS) is 11.0. The minimum Gasteiger partial charge on any atom is -0.383 e. The lowest BCUT2D eigenvalue weighted by molar-refractivity contribution is 0.628. The van der Waals surface area contributed by atoms with Crippen LogP contribution in [-0.4, -0.2) is 19.7 Å². The first-order valence-electron chi connectivity index (χ1n) is 7.05. The van der Waals surface area contributed by atoms with Crippen molar-refractivity contribution >= 4 is 16.9 Å². The second-order valence-corrected chi connectivity index (χ2v) is 5.07. The second-order valence-electron chi connectivity index (χ2n) is 5.07. The minimum absolute atomic E-state index is 0.308. The number of para-hydroxylation sites is 1. The topological polar surface area (TPSA) is 69.6 Å². The summed E-state index contributed by atoms with van der Waals surface area (Å²) in [4.78, 5) is 8.86. The first-order chi connectivity index (χ1) is 11.2. The summed E-state index contributed by atoms with van der Waals surface area (Å²) in [7, 11) is 0. The summed E-state index contributed by atoms with van der Waals surface area (Å²) in [6.45, 7) is 0. The van der Waals surface area contributed by atoms with E-state index in [0.717, 1.165) is 5.69 Å². The molecular formula is C17H12FN5. The van der Waals surface area contributed by atoms with Crippen molar-refractivity contribution in [2.75, 3.05) is 5.73 Å². The van der Waals surface area contributed by atoms with Gasteiger partial charge in [0.2, 0.25) is 0 Å². The zero-order valence-corrected chi connectivity index (χ0v) is 12.0. The molecule has 0 radical (unpaired) electrons. The van der Waals surface area contributed by atoms with Gasteiger partial charge in [-0.1, -0.05) is 18.2 Å². The van der Waals surface area contributed by atoms with Crippen molar-refractivity contribution < 1.29 is 4.39 Å². The molecule has 5 nitrogen and oxygen atoms in total. The van der Waals surface area contributed by atoms with Gasteiger partial charge in [0.1, 0.15) is 11.6 Å². The average molecular weight is 305 g/mol. The summed E-state index contributed by atoms with van der Waals surface area (Å²) in [6, 6.07) is 15.6. The predicted molar refractivity (Wildman–Crippen MR) is 86.5 cm³/mol. The number of hydrogen-bond donors (Lipinski definition) is 1. The van der Waals surface area contributed by atoms with Crippen LogP contribution in [0.3, 0.4) is 0 Å². The van der Waals surface area contributed by atoms with E-state index >= 15 is 0 Å². The molecule has 2 aromatic carbocycles. The van der Waals surface area contributed by atoms with Gasteiger partial charge in [-0.15, -0.1) is 0 Å². The van der Waals surface area contributed by atoms with Crippen LogP contribution in [0, 0.1) is 5.82 Å². The molecule has 0 unspecified atom stereocenters. The lowest BCUT2D eigenvalue weighted by Gasteiger charge is -2.06. The number of nitrogen functional groups attached to an aromatic ring is 1. The number of hydrogen-bond acceptors (Lipinski definition) is 4. The van der Waals surface area contributed by atoms with E-state index in [1.165, 1.54) is 12.1 Å². The number of nitrogens with two attached hydrogens (primary N) is 1. The summed E-state index contributed by atoms with van der Waals surface area (Å²) >= 11 is 0. The van der Waals surface area contributed by atoms with Crippen molar-refractivity contribution in [1.29, 1.82) is 0 Å². The fourth-order valence-corrected chi connectivity index (χ4v) is 2.42. The summed E-state index contributed by atoms with van der Waals surface area (Å²) in [6.07, 6.45) is 1.64. The molecule has 0 aliphatic heterocycles. The Morgan fingerprint density at radius 1 is 0.913 bits per heavy atom. The highest BCUT2D eigenvalue weighted by Gasteiger charge is 2.13. The number of rotatable bonds is 2. The molecule has 0 aliphatic carbocycles. The molecule has 23 heavy (non-hydrogen) atoms. The predicted octanol–water partition coefficient (Wildman–Crippen LogP) is 3.20. The third-order valence-corrected chi connectivity index (χ3v) is 3.56. The van der Waals surface area contributed by atoms with Crippen LogP contribution < -0.4 is 5.73 Å². The molecule has 4 aromatic rings. The second kappa shape index (κ2) is 5.17. The highest BCUT2D eigenvalue weighted by atomic mass is 19.1.